The van der Waals surface area contributed by atoms with Gasteiger partial charge in [-0.05, 0) is 50.9 Å². The molecule has 0 heterocycles. The molecule has 0 aromatic rings. The smallest absolute Gasteiger partial charge is 0.0286 e. The van der Waals surface area contributed by atoms with E-state index >= 15 is 0 Å². The van der Waals surface area contributed by atoms with Crippen molar-refractivity contribution in [3.63, 3.8) is 0 Å². The van der Waals surface area contributed by atoms with Crippen LogP contribution >= 0.6 is 0 Å². The predicted molar refractivity (Wildman–Crippen MR) is 89.6 cm³/mol. The zero-order valence-corrected chi connectivity index (χ0v) is 14.3. The normalized spacial score (nSPS) is 14.0. The van der Waals surface area contributed by atoms with Crippen LogP contribution in [0.2, 0.25) is 0 Å². The molecule has 0 unspecified atom stereocenters. The van der Waals surface area contributed by atoms with Crippen LogP contribution in [-0.4, -0.2) is 0 Å². The first-order valence-electron chi connectivity index (χ1n) is 8.28. The SMILES string of the molecule is CCC/C=C(\CC)CC/C=C(\C)CCC(C)(C)CC. The van der Waals surface area contributed by atoms with Gasteiger partial charge in [-0.2, -0.15) is 0 Å². The minimum Gasteiger partial charge on any atom is -0.0853 e. The van der Waals surface area contributed by atoms with Crippen molar-refractivity contribution in [1.29, 1.82) is 0 Å². The molecule has 0 amide bonds. The molecule has 0 aromatic heterocycles. The van der Waals surface area contributed by atoms with Crippen molar-refractivity contribution in [3.05, 3.63) is 23.3 Å². The Balaban J connectivity index is 4.04. The Kier molecular flexibility index (Phi) is 10.0. The summed E-state index contributed by atoms with van der Waals surface area (Å²) in [4.78, 5) is 0. The molecule has 0 heteroatoms. The quantitative estimate of drug-likeness (QED) is 0.370. The van der Waals surface area contributed by atoms with E-state index in [0.717, 1.165) is 0 Å². The summed E-state index contributed by atoms with van der Waals surface area (Å²) in [7, 11) is 0. The van der Waals surface area contributed by atoms with Crippen LogP contribution in [0.4, 0.5) is 0 Å². The van der Waals surface area contributed by atoms with E-state index in [1.165, 1.54) is 51.4 Å². The van der Waals surface area contributed by atoms with Gasteiger partial charge < -0.3 is 0 Å². The first-order chi connectivity index (χ1) is 8.95. The molecule has 0 atom stereocenters. The van der Waals surface area contributed by atoms with Crippen molar-refractivity contribution in [2.45, 2.75) is 92.9 Å². The molecule has 0 bridgehead atoms. The second-order valence-electron chi connectivity index (χ2n) is 6.61. The Labute approximate surface area is 122 Å². The Hall–Kier alpha value is -0.520. The average Bonchev–Trinajstić information content (AvgIpc) is 2.40. The molecule has 0 fully saturated rings. The summed E-state index contributed by atoms with van der Waals surface area (Å²) < 4.78 is 0. The maximum Gasteiger partial charge on any atom is -0.0286 e. The van der Waals surface area contributed by atoms with Crippen LogP contribution in [0.15, 0.2) is 23.3 Å². The molecule has 0 spiro atoms. The lowest BCUT2D eigenvalue weighted by Crippen LogP contribution is -2.09. The highest BCUT2D eigenvalue weighted by atomic mass is 14.2. The van der Waals surface area contributed by atoms with Gasteiger partial charge in [0.05, 0.1) is 0 Å². The van der Waals surface area contributed by atoms with Gasteiger partial charge in [-0.15, -0.1) is 0 Å². The minimum absolute atomic E-state index is 0.505. The fourth-order valence-electron chi connectivity index (χ4n) is 2.09. The topological polar surface area (TPSA) is 0 Å². The summed E-state index contributed by atoms with van der Waals surface area (Å²) in [5.74, 6) is 0. The maximum atomic E-state index is 2.46. The molecular formula is C19H36. The number of rotatable bonds is 10. The van der Waals surface area contributed by atoms with Crippen LogP contribution in [0, 0.1) is 5.41 Å². The zero-order chi connectivity index (χ0) is 14.7. The summed E-state index contributed by atoms with van der Waals surface area (Å²) in [6.07, 6.45) is 15.0. The summed E-state index contributed by atoms with van der Waals surface area (Å²) in [5.41, 5.74) is 3.72. The fraction of sp³-hybridized carbons (Fsp3) is 0.789. The van der Waals surface area contributed by atoms with Crippen LogP contribution in [0.25, 0.3) is 0 Å². The first-order valence-corrected chi connectivity index (χ1v) is 8.28. The molecule has 0 saturated heterocycles. The number of hydrogen-bond acceptors (Lipinski definition) is 0. The van der Waals surface area contributed by atoms with Crippen molar-refractivity contribution in [2.75, 3.05) is 0 Å². The summed E-state index contributed by atoms with van der Waals surface area (Å²) >= 11 is 0. The van der Waals surface area contributed by atoms with Gasteiger partial charge in [-0.3, -0.25) is 0 Å². The van der Waals surface area contributed by atoms with Gasteiger partial charge in [-0.25, -0.2) is 0 Å². The highest BCUT2D eigenvalue weighted by Crippen LogP contribution is 2.28. The van der Waals surface area contributed by atoms with Gasteiger partial charge in [0.1, 0.15) is 0 Å². The van der Waals surface area contributed by atoms with E-state index in [1.807, 2.05) is 0 Å². The molecule has 0 nitrogen and oxygen atoms in total. The molecule has 19 heavy (non-hydrogen) atoms. The van der Waals surface area contributed by atoms with E-state index in [0.29, 0.717) is 5.41 Å². The molecule has 0 aliphatic rings. The molecule has 112 valence electrons. The molecule has 0 radical (unpaired) electrons. The van der Waals surface area contributed by atoms with Crippen molar-refractivity contribution in [1.82, 2.24) is 0 Å². The largest absolute Gasteiger partial charge is 0.0853 e. The fourth-order valence-corrected chi connectivity index (χ4v) is 2.09. The van der Waals surface area contributed by atoms with Gasteiger partial charge >= 0.3 is 0 Å². The summed E-state index contributed by atoms with van der Waals surface area (Å²) in [5, 5.41) is 0. The van der Waals surface area contributed by atoms with Crippen LogP contribution in [0.1, 0.15) is 92.9 Å². The van der Waals surface area contributed by atoms with Gasteiger partial charge in [0, 0.05) is 0 Å². The first kappa shape index (κ1) is 18.5. The van der Waals surface area contributed by atoms with Crippen LogP contribution in [-0.2, 0) is 0 Å². The monoisotopic (exact) mass is 264 g/mol. The highest BCUT2D eigenvalue weighted by molar-refractivity contribution is 5.05. The second-order valence-corrected chi connectivity index (χ2v) is 6.61. The molecular weight excluding hydrogens is 228 g/mol. The molecule has 0 saturated carbocycles. The Morgan fingerprint density at radius 2 is 1.63 bits per heavy atom. The third-order valence-electron chi connectivity index (χ3n) is 4.29. The lowest BCUT2D eigenvalue weighted by atomic mass is 9.84. The predicted octanol–water partition coefficient (Wildman–Crippen LogP) is 7.07. The number of allylic oxidation sites excluding steroid dienone is 4. The summed E-state index contributed by atoms with van der Waals surface area (Å²) in [6, 6.07) is 0. The van der Waals surface area contributed by atoms with Gasteiger partial charge in [-0.1, -0.05) is 70.8 Å². The van der Waals surface area contributed by atoms with E-state index in [2.05, 4.69) is 53.7 Å². The van der Waals surface area contributed by atoms with Crippen molar-refractivity contribution in [2.24, 2.45) is 5.41 Å². The lowest BCUT2D eigenvalue weighted by molar-refractivity contribution is 0.322. The van der Waals surface area contributed by atoms with Crippen LogP contribution in [0.5, 0.6) is 0 Å². The van der Waals surface area contributed by atoms with E-state index < -0.39 is 0 Å². The third kappa shape index (κ3) is 9.99. The van der Waals surface area contributed by atoms with Crippen molar-refractivity contribution >= 4 is 0 Å². The Morgan fingerprint density at radius 1 is 0.947 bits per heavy atom. The summed E-state index contributed by atoms with van der Waals surface area (Å²) in [6.45, 7) is 13.9. The van der Waals surface area contributed by atoms with Crippen molar-refractivity contribution < 1.29 is 0 Å². The maximum absolute atomic E-state index is 2.46. The van der Waals surface area contributed by atoms with Crippen LogP contribution in [0.3, 0.4) is 0 Å². The second kappa shape index (κ2) is 10.3. The van der Waals surface area contributed by atoms with E-state index in [9.17, 15) is 0 Å². The average molecular weight is 264 g/mol. The van der Waals surface area contributed by atoms with Gasteiger partial charge in [0.2, 0.25) is 0 Å². The molecule has 0 aliphatic carbocycles. The van der Waals surface area contributed by atoms with E-state index in [1.54, 1.807) is 11.1 Å². The Morgan fingerprint density at radius 3 is 2.16 bits per heavy atom. The molecule has 0 aromatic carbocycles. The lowest BCUT2D eigenvalue weighted by Gasteiger charge is -2.22. The number of hydrogen-bond donors (Lipinski definition) is 0. The molecule has 0 N–H and O–H groups in total. The standard InChI is InChI=1S/C19H36/c1-7-10-13-18(8-2)14-11-12-17(4)15-16-19(5,6)9-3/h12-13H,7-11,14-16H2,1-6H3/b17-12+,18-13+. The third-order valence-corrected chi connectivity index (χ3v) is 4.29. The van der Waals surface area contributed by atoms with Crippen molar-refractivity contribution in [3.8, 4) is 0 Å². The minimum atomic E-state index is 0.505. The van der Waals surface area contributed by atoms with E-state index in [4.69, 9.17) is 0 Å². The highest BCUT2D eigenvalue weighted by Gasteiger charge is 2.14. The van der Waals surface area contributed by atoms with Gasteiger partial charge in [0.15, 0.2) is 0 Å². The van der Waals surface area contributed by atoms with Crippen LogP contribution < -0.4 is 0 Å². The Bertz CT molecular complexity index is 278. The molecule has 0 rings (SSSR count). The van der Waals surface area contributed by atoms with E-state index in [-0.39, 0.29) is 0 Å². The number of unbranched alkanes of at least 4 members (excludes halogenated alkanes) is 1. The zero-order valence-electron chi connectivity index (χ0n) is 14.3. The van der Waals surface area contributed by atoms with Gasteiger partial charge in [0.25, 0.3) is 0 Å². The molecule has 0 aliphatic heterocycles.